The van der Waals surface area contributed by atoms with E-state index in [1.807, 2.05) is 43.9 Å². The summed E-state index contributed by atoms with van der Waals surface area (Å²) in [4.78, 5) is 28.5. The number of hydrogen-bond acceptors (Lipinski definition) is 3. The summed E-state index contributed by atoms with van der Waals surface area (Å²) >= 11 is 0. The molecule has 1 N–H and O–H groups in total. The number of nitrogens with zero attached hydrogens (tertiary/aromatic N) is 2. The van der Waals surface area contributed by atoms with Gasteiger partial charge in [-0.3, -0.25) is 9.59 Å². The van der Waals surface area contributed by atoms with E-state index in [4.69, 9.17) is 0 Å². The summed E-state index contributed by atoms with van der Waals surface area (Å²) in [5.74, 6) is -0.670. The molecule has 33 heavy (non-hydrogen) atoms. The van der Waals surface area contributed by atoms with Crippen LogP contribution in [-0.4, -0.2) is 30.8 Å². The van der Waals surface area contributed by atoms with Gasteiger partial charge in [-0.2, -0.15) is 0 Å². The quantitative estimate of drug-likeness (QED) is 0.495. The number of hydrogen-bond donors (Lipinski definition) is 1. The number of carbonyl (C=O) groups is 2. The number of benzene rings is 3. The minimum Gasteiger partial charge on any atom is -0.345 e. The van der Waals surface area contributed by atoms with Crippen LogP contribution >= 0.6 is 0 Å². The molecule has 0 aliphatic heterocycles. The zero-order valence-electron chi connectivity index (χ0n) is 19.5. The summed E-state index contributed by atoms with van der Waals surface area (Å²) in [6.45, 7) is 5.87. The number of anilines is 3. The lowest BCUT2D eigenvalue weighted by atomic mass is 10.1. The number of rotatable bonds is 6. The Morgan fingerprint density at radius 1 is 0.909 bits per heavy atom. The zero-order valence-corrected chi connectivity index (χ0v) is 19.5. The SMILES string of the molecule is C/C=C(/C)N(c1ccc(F)cc1)c1cc(C(=O)Nc2ccc(C(=O)N(C)C)cc2)ccc1C. The first-order valence-electron chi connectivity index (χ1n) is 10.6. The molecule has 0 aliphatic rings. The maximum absolute atomic E-state index is 13.5. The Labute approximate surface area is 194 Å². The molecular weight excluding hydrogens is 417 g/mol. The van der Waals surface area contributed by atoms with E-state index in [0.29, 0.717) is 16.8 Å². The van der Waals surface area contributed by atoms with E-state index in [0.717, 1.165) is 22.6 Å². The third-order valence-corrected chi connectivity index (χ3v) is 5.36. The Balaban J connectivity index is 1.90. The van der Waals surface area contributed by atoms with Crippen molar-refractivity contribution in [3.8, 4) is 0 Å². The number of nitrogens with one attached hydrogen (secondary N) is 1. The third-order valence-electron chi connectivity index (χ3n) is 5.36. The standard InChI is InChI=1S/C27H28FN3O2/c1-6-19(3)31(24-15-11-22(28)12-16-24)25-17-21(8-7-18(25)2)26(32)29-23-13-9-20(10-14-23)27(33)30(4)5/h6-17H,1-5H3,(H,29,32)/b19-6-. The topological polar surface area (TPSA) is 52.7 Å². The molecule has 2 amide bonds. The Hall–Kier alpha value is -3.93. The highest BCUT2D eigenvalue weighted by molar-refractivity contribution is 6.05. The Morgan fingerprint density at radius 2 is 1.52 bits per heavy atom. The monoisotopic (exact) mass is 445 g/mol. The van der Waals surface area contributed by atoms with Gasteiger partial charge >= 0.3 is 0 Å². The normalized spacial score (nSPS) is 11.2. The molecule has 0 saturated heterocycles. The highest BCUT2D eigenvalue weighted by Crippen LogP contribution is 2.33. The van der Waals surface area contributed by atoms with Crippen molar-refractivity contribution in [3.63, 3.8) is 0 Å². The van der Waals surface area contributed by atoms with Crippen molar-refractivity contribution in [1.82, 2.24) is 4.90 Å². The van der Waals surface area contributed by atoms with E-state index in [9.17, 15) is 14.0 Å². The maximum Gasteiger partial charge on any atom is 0.255 e. The van der Waals surface area contributed by atoms with E-state index in [2.05, 4.69) is 5.32 Å². The first-order valence-corrected chi connectivity index (χ1v) is 10.6. The minimum atomic E-state index is -0.306. The first-order chi connectivity index (χ1) is 15.7. The van der Waals surface area contributed by atoms with Gasteiger partial charge in [-0.15, -0.1) is 0 Å². The summed E-state index contributed by atoms with van der Waals surface area (Å²) in [6, 6.07) is 18.5. The van der Waals surface area contributed by atoms with E-state index >= 15 is 0 Å². The zero-order chi connectivity index (χ0) is 24.1. The van der Waals surface area contributed by atoms with Crippen molar-refractivity contribution in [2.75, 3.05) is 24.3 Å². The average Bonchev–Trinajstić information content (AvgIpc) is 2.81. The molecule has 3 aromatic rings. The molecule has 0 heterocycles. The molecule has 0 spiro atoms. The van der Waals surface area contributed by atoms with Crippen molar-refractivity contribution in [2.45, 2.75) is 20.8 Å². The molecule has 0 fully saturated rings. The van der Waals surface area contributed by atoms with Crippen LogP contribution in [0.2, 0.25) is 0 Å². The van der Waals surface area contributed by atoms with Gasteiger partial charge in [0, 0.05) is 48.0 Å². The summed E-state index contributed by atoms with van der Waals surface area (Å²) in [5, 5.41) is 2.88. The van der Waals surface area contributed by atoms with E-state index < -0.39 is 0 Å². The molecule has 3 aromatic carbocycles. The summed E-state index contributed by atoms with van der Waals surface area (Å²) in [5.41, 5.74) is 5.18. The summed E-state index contributed by atoms with van der Waals surface area (Å²) in [6.07, 6.45) is 1.96. The van der Waals surface area contributed by atoms with Crippen LogP contribution in [0.4, 0.5) is 21.5 Å². The van der Waals surface area contributed by atoms with Crippen LogP contribution in [0.25, 0.3) is 0 Å². The van der Waals surface area contributed by atoms with Gasteiger partial charge in [0.25, 0.3) is 11.8 Å². The van der Waals surface area contributed by atoms with Gasteiger partial charge in [-0.1, -0.05) is 12.1 Å². The van der Waals surface area contributed by atoms with Crippen molar-refractivity contribution < 1.29 is 14.0 Å². The van der Waals surface area contributed by atoms with Crippen LogP contribution in [0.3, 0.4) is 0 Å². The number of amides is 2. The lowest BCUT2D eigenvalue weighted by molar-refractivity contribution is 0.0827. The molecule has 0 atom stereocenters. The van der Waals surface area contributed by atoms with Gasteiger partial charge in [-0.05, 0) is 87.0 Å². The van der Waals surface area contributed by atoms with Gasteiger partial charge in [0.05, 0.1) is 0 Å². The van der Waals surface area contributed by atoms with Crippen molar-refractivity contribution in [3.05, 3.63) is 101 Å². The fourth-order valence-corrected chi connectivity index (χ4v) is 3.40. The molecule has 3 rings (SSSR count). The van der Waals surface area contributed by atoms with Crippen LogP contribution in [0.5, 0.6) is 0 Å². The summed E-state index contributed by atoms with van der Waals surface area (Å²) in [7, 11) is 3.38. The molecule has 0 unspecified atom stereocenters. The Kier molecular flexibility index (Phi) is 7.28. The number of aryl methyl sites for hydroxylation is 1. The van der Waals surface area contributed by atoms with Crippen LogP contribution in [0, 0.1) is 12.7 Å². The molecule has 0 aromatic heterocycles. The Bertz CT molecular complexity index is 1180. The van der Waals surface area contributed by atoms with Gasteiger partial charge in [0.2, 0.25) is 0 Å². The highest BCUT2D eigenvalue weighted by atomic mass is 19.1. The van der Waals surface area contributed by atoms with E-state index in [1.165, 1.54) is 17.0 Å². The molecule has 6 heteroatoms. The average molecular weight is 446 g/mol. The highest BCUT2D eigenvalue weighted by Gasteiger charge is 2.17. The molecular formula is C27H28FN3O2. The van der Waals surface area contributed by atoms with Gasteiger partial charge in [0.15, 0.2) is 0 Å². The molecule has 170 valence electrons. The molecule has 5 nitrogen and oxygen atoms in total. The van der Waals surface area contributed by atoms with Crippen LogP contribution < -0.4 is 10.2 Å². The molecule has 0 radical (unpaired) electrons. The number of halogens is 1. The lowest BCUT2D eigenvalue weighted by Gasteiger charge is -2.28. The van der Waals surface area contributed by atoms with Crippen LogP contribution in [0.15, 0.2) is 78.5 Å². The second kappa shape index (κ2) is 10.1. The van der Waals surface area contributed by atoms with Gasteiger partial charge in [0.1, 0.15) is 5.82 Å². The van der Waals surface area contributed by atoms with Crippen molar-refractivity contribution in [2.24, 2.45) is 0 Å². The lowest BCUT2D eigenvalue weighted by Crippen LogP contribution is -2.21. The van der Waals surface area contributed by atoms with E-state index in [1.54, 1.807) is 56.6 Å². The first kappa shape index (κ1) is 23.7. The van der Waals surface area contributed by atoms with Crippen molar-refractivity contribution >= 4 is 28.9 Å². The predicted octanol–water partition coefficient (Wildman–Crippen LogP) is 6.15. The van der Waals surface area contributed by atoms with Gasteiger partial charge in [-0.25, -0.2) is 4.39 Å². The number of carbonyl (C=O) groups excluding carboxylic acids is 2. The largest absolute Gasteiger partial charge is 0.345 e. The number of allylic oxidation sites excluding steroid dienone is 2. The fraction of sp³-hybridized carbons (Fsp3) is 0.185. The fourth-order valence-electron chi connectivity index (χ4n) is 3.40. The van der Waals surface area contributed by atoms with Crippen LogP contribution in [0.1, 0.15) is 40.1 Å². The molecule has 0 aliphatic carbocycles. The Morgan fingerprint density at radius 3 is 2.09 bits per heavy atom. The van der Waals surface area contributed by atoms with Gasteiger partial charge < -0.3 is 15.1 Å². The third kappa shape index (κ3) is 5.47. The molecule has 0 saturated carbocycles. The predicted molar refractivity (Wildman–Crippen MR) is 132 cm³/mol. The molecule has 0 bridgehead atoms. The van der Waals surface area contributed by atoms with Crippen LogP contribution in [-0.2, 0) is 0 Å². The minimum absolute atomic E-state index is 0.101. The van der Waals surface area contributed by atoms with E-state index in [-0.39, 0.29) is 17.6 Å². The summed E-state index contributed by atoms with van der Waals surface area (Å²) < 4.78 is 13.5. The second-order valence-corrected chi connectivity index (χ2v) is 7.97. The smallest absolute Gasteiger partial charge is 0.255 e. The maximum atomic E-state index is 13.5. The second-order valence-electron chi connectivity index (χ2n) is 7.97. The van der Waals surface area contributed by atoms with Crippen molar-refractivity contribution in [1.29, 1.82) is 0 Å².